The molecular formula is C21H17ClN6O4. The Kier molecular flexibility index (Phi) is 5.69. The minimum Gasteiger partial charge on any atom is -0.344 e. The average molecular weight is 453 g/mol. The Morgan fingerprint density at radius 1 is 1.12 bits per heavy atom. The first kappa shape index (κ1) is 21.2. The minimum atomic E-state index is -0.720. The molecule has 0 radical (unpaired) electrons. The van der Waals surface area contributed by atoms with Gasteiger partial charge in [0, 0.05) is 18.6 Å². The Morgan fingerprint density at radius 2 is 1.84 bits per heavy atom. The molecular weight excluding hydrogens is 436 g/mol. The summed E-state index contributed by atoms with van der Waals surface area (Å²) in [4.78, 5) is 41.5. The van der Waals surface area contributed by atoms with E-state index in [1.54, 1.807) is 36.4 Å². The molecule has 1 amide bonds. The van der Waals surface area contributed by atoms with Gasteiger partial charge in [-0.05, 0) is 30.7 Å². The van der Waals surface area contributed by atoms with E-state index in [4.69, 9.17) is 16.1 Å². The molecule has 162 valence electrons. The lowest BCUT2D eigenvalue weighted by atomic mass is 10.2. The largest absolute Gasteiger partial charge is 0.351 e. The predicted octanol–water partition coefficient (Wildman–Crippen LogP) is 1.87. The van der Waals surface area contributed by atoms with E-state index in [-0.39, 0.29) is 24.0 Å². The summed E-state index contributed by atoms with van der Waals surface area (Å²) < 4.78 is 6.95. The van der Waals surface area contributed by atoms with Crippen LogP contribution in [-0.4, -0.2) is 30.4 Å². The van der Waals surface area contributed by atoms with E-state index in [0.717, 1.165) is 14.8 Å². The molecule has 2 aromatic carbocycles. The fourth-order valence-electron chi connectivity index (χ4n) is 2.87. The topological polar surface area (TPSA) is 125 Å². The number of carbonyl (C=O) groups excluding carboxylic acids is 1. The number of rotatable bonds is 5. The monoisotopic (exact) mass is 452 g/mol. The normalized spacial score (nSPS) is 10.8. The molecule has 4 aromatic rings. The number of hydrogen-bond donors (Lipinski definition) is 1. The summed E-state index contributed by atoms with van der Waals surface area (Å²) in [6.45, 7) is 2.05. The molecule has 0 bridgehead atoms. The van der Waals surface area contributed by atoms with Gasteiger partial charge in [0.1, 0.15) is 0 Å². The van der Waals surface area contributed by atoms with Gasteiger partial charge in [-0.2, -0.15) is 14.8 Å². The number of hydrogen-bond acceptors (Lipinski definition) is 7. The minimum absolute atomic E-state index is 0.147. The summed E-state index contributed by atoms with van der Waals surface area (Å²) in [5.74, 6) is -1.22. The van der Waals surface area contributed by atoms with E-state index >= 15 is 0 Å². The Morgan fingerprint density at radius 3 is 2.56 bits per heavy atom. The van der Waals surface area contributed by atoms with Crippen LogP contribution in [0.1, 0.15) is 21.8 Å². The average Bonchev–Trinajstić information content (AvgIpc) is 3.28. The molecule has 0 saturated heterocycles. The van der Waals surface area contributed by atoms with Gasteiger partial charge < -0.3 is 9.84 Å². The number of nitrogens with zero attached hydrogens (tertiary/aromatic N) is 5. The number of benzene rings is 2. The van der Waals surface area contributed by atoms with Gasteiger partial charge >= 0.3 is 17.5 Å². The van der Waals surface area contributed by atoms with Crippen molar-refractivity contribution in [3.05, 3.63) is 91.4 Å². The van der Waals surface area contributed by atoms with Crippen LogP contribution in [0.5, 0.6) is 0 Å². The summed E-state index contributed by atoms with van der Waals surface area (Å²) in [6.07, 6.45) is 0. The van der Waals surface area contributed by atoms with Gasteiger partial charge in [0.15, 0.2) is 5.69 Å². The van der Waals surface area contributed by atoms with Crippen LogP contribution in [0.15, 0.2) is 62.6 Å². The molecule has 2 aromatic heterocycles. The second kappa shape index (κ2) is 8.60. The van der Waals surface area contributed by atoms with Gasteiger partial charge in [-0.3, -0.25) is 14.2 Å². The molecule has 0 saturated carbocycles. The quantitative estimate of drug-likeness (QED) is 0.490. The van der Waals surface area contributed by atoms with Crippen LogP contribution < -0.4 is 16.6 Å². The third-order valence-corrected chi connectivity index (χ3v) is 5.05. The van der Waals surface area contributed by atoms with Crippen molar-refractivity contribution >= 4 is 17.5 Å². The van der Waals surface area contributed by atoms with E-state index in [1.807, 2.05) is 19.1 Å². The fraction of sp³-hybridized carbons (Fsp3) is 0.143. The Balaban J connectivity index is 1.64. The molecule has 1 N–H and O–H groups in total. The smallest absolute Gasteiger partial charge is 0.344 e. The van der Waals surface area contributed by atoms with Crippen molar-refractivity contribution in [2.24, 2.45) is 7.05 Å². The number of nitrogens with one attached hydrogen (secondary N) is 1. The molecule has 0 aliphatic heterocycles. The number of carbonyl (C=O) groups is 1. The summed E-state index contributed by atoms with van der Waals surface area (Å²) >= 11 is 6.08. The third-order valence-electron chi connectivity index (χ3n) is 4.68. The Bertz CT molecular complexity index is 1420. The Labute approximate surface area is 186 Å². The first-order valence-corrected chi connectivity index (χ1v) is 9.86. The first-order valence-electron chi connectivity index (χ1n) is 9.48. The van der Waals surface area contributed by atoms with Crippen LogP contribution >= 0.6 is 11.6 Å². The molecule has 11 heteroatoms. The van der Waals surface area contributed by atoms with E-state index in [0.29, 0.717) is 16.3 Å². The molecule has 4 rings (SSSR count). The maximum atomic E-state index is 12.6. The molecule has 0 atom stereocenters. The molecule has 10 nitrogen and oxygen atoms in total. The maximum absolute atomic E-state index is 12.6. The summed E-state index contributed by atoms with van der Waals surface area (Å²) in [6, 6.07) is 14.1. The van der Waals surface area contributed by atoms with Crippen molar-refractivity contribution in [2.45, 2.75) is 13.5 Å². The van der Waals surface area contributed by atoms with E-state index in [2.05, 4.69) is 20.6 Å². The van der Waals surface area contributed by atoms with E-state index in [1.165, 1.54) is 7.05 Å². The van der Waals surface area contributed by atoms with Crippen molar-refractivity contribution < 1.29 is 9.32 Å². The second-order valence-electron chi connectivity index (χ2n) is 6.94. The van der Waals surface area contributed by atoms with Gasteiger partial charge in [0.05, 0.1) is 5.69 Å². The lowest BCUT2D eigenvalue weighted by molar-refractivity contribution is 0.0907. The molecule has 0 aliphatic rings. The highest BCUT2D eigenvalue weighted by Crippen LogP contribution is 2.15. The van der Waals surface area contributed by atoms with Crippen molar-refractivity contribution in [3.63, 3.8) is 0 Å². The highest BCUT2D eigenvalue weighted by molar-refractivity contribution is 6.31. The highest BCUT2D eigenvalue weighted by Gasteiger charge is 2.22. The lowest BCUT2D eigenvalue weighted by Crippen LogP contribution is -2.40. The summed E-state index contributed by atoms with van der Waals surface area (Å²) in [7, 11) is 1.32. The zero-order valence-electron chi connectivity index (χ0n) is 17.1. The molecule has 0 fully saturated rings. The van der Waals surface area contributed by atoms with Gasteiger partial charge in [0.25, 0.3) is 5.56 Å². The molecule has 0 spiro atoms. The van der Waals surface area contributed by atoms with Crippen LogP contribution in [0, 0.1) is 6.92 Å². The van der Waals surface area contributed by atoms with Crippen LogP contribution in [0.4, 0.5) is 0 Å². The molecule has 2 heterocycles. The van der Waals surface area contributed by atoms with Crippen LogP contribution in [0.2, 0.25) is 5.02 Å². The van der Waals surface area contributed by atoms with Gasteiger partial charge in [-0.15, -0.1) is 0 Å². The van der Waals surface area contributed by atoms with Crippen molar-refractivity contribution in [3.8, 4) is 17.2 Å². The van der Waals surface area contributed by atoms with Gasteiger partial charge in [-0.25, -0.2) is 4.79 Å². The van der Waals surface area contributed by atoms with Crippen molar-refractivity contribution in [2.75, 3.05) is 0 Å². The van der Waals surface area contributed by atoms with Crippen LogP contribution in [-0.2, 0) is 13.6 Å². The number of aromatic nitrogens is 5. The van der Waals surface area contributed by atoms with Crippen LogP contribution in [0.25, 0.3) is 17.2 Å². The van der Waals surface area contributed by atoms with Gasteiger partial charge in [0.2, 0.25) is 5.82 Å². The fourth-order valence-corrected chi connectivity index (χ4v) is 3.08. The summed E-state index contributed by atoms with van der Waals surface area (Å²) in [5.41, 5.74) is 0.576. The van der Waals surface area contributed by atoms with E-state index < -0.39 is 17.2 Å². The third kappa shape index (κ3) is 4.08. The first-order chi connectivity index (χ1) is 15.3. The van der Waals surface area contributed by atoms with E-state index in [9.17, 15) is 14.4 Å². The summed E-state index contributed by atoms with van der Waals surface area (Å²) in [5, 5.41) is 10.9. The Hall–Kier alpha value is -4.05. The standard InChI is InChI=1S/C21H17ClN6O4/c1-12-7-9-14(10-8-12)28-21(31)27(2)20(30)16(25-28)17-24-19(32-26-17)18(29)23-11-13-5-3-4-6-15(13)22/h3-10H,11H2,1-2H3,(H,23,29). The SMILES string of the molecule is Cc1ccc(-n2nc(-c3noc(C(=O)NCc4ccccc4Cl)n3)c(=O)n(C)c2=O)cc1. The van der Waals surface area contributed by atoms with Crippen LogP contribution in [0.3, 0.4) is 0 Å². The lowest BCUT2D eigenvalue weighted by Gasteiger charge is -2.08. The molecule has 32 heavy (non-hydrogen) atoms. The maximum Gasteiger partial charge on any atom is 0.351 e. The second-order valence-corrected chi connectivity index (χ2v) is 7.35. The zero-order valence-corrected chi connectivity index (χ0v) is 17.8. The van der Waals surface area contributed by atoms with Gasteiger partial charge in [-0.1, -0.05) is 52.7 Å². The molecule has 0 aliphatic carbocycles. The number of amides is 1. The predicted molar refractivity (Wildman–Crippen MR) is 116 cm³/mol. The van der Waals surface area contributed by atoms with Crippen molar-refractivity contribution in [1.29, 1.82) is 0 Å². The molecule has 0 unspecified atom stereocenters. The van der Waals surface area contributed by atoms with Crippen molar-refractivity contribution in [1.82, 2.24) is 29.8 Å². The number of halogens is 1. The zero-order chi connectivity index (χ0) is 22.8. The highest BCUT2D eigenvalue weighted by atomic mass is 35.5. The number of aryl methyl sites for hydroxylation is 1.